The minimum Gasteiger partial charge on any atom is -0.466 e. The summed E-state index contributed by atoms with van der Waals surface area (Å²) in [5, 5.41) is 0.361. The van der Waals surface area contributed by atoms with E-state index in [4.69, 9.17) is 0 Å². The number of carbonyl (C=O) groups excluding carboxylic acids is 2. The lowest BCUT2D eigenvalue weighted by Crippen LogP contribution is -2.07. The van der Waals surface area contributed by atoms with Crippen LogP contribution in [0.3, 0.4) is 0 Å². The van der Waals surface area contributed by atoms with Crippen molar-refractivity contribution in [2.75, 3.05) is 14.2 Å². The van der Waals surface area contributed by atoms with Gasteiger partial charge in [-0.3, -0.25) is 0 Å². The maximum Gasteiger partial charge on any atom is 0.330 e. The van der Waals surface area contributed by atoms with Gasteiger partial charge >= 0.3 is 11.9 Å². The quantitative estimate of drug-likeness (QED) is 0.293. The molecule has 0 aliphatic heterocycles. The smallest absolute Gasteiger partial charge is 0.330 e. The maximum absolute atomic E-state index is 10.7. The van der Waals surface area contributed by atoms with E-state index >= 15 is 0 Å². The summed E-state index contributed by atoms with van der Waals surface area (Å²) in [5.41, 5.74) is 0. The summed E-state index contributed by atoms with van der Waals surface area (Å²) in [6.45, 7) is 0. The third kappa shape index (κ3) is 3.56. The van der Waals surface area contributed by atoms with Gasteiger partial charge in [-0.2, -0.15) is 0 Å². The number of hydrogen-bond donors (Lipinski definition) is 0. The molecule has 0 N–H and O–H groups in total. The largest absolute Gasteiger partial charge is 0.466 e. The van der Waals surface area contributed by atoms with Crippen molar-refractivity contribution in [3.05, 3.63) is 11.3 Å². The van der Waals surface area contributed by atoms with Gasteiger partial charge in [0.25, 0.3) is 0 Å². The Bertz CT molecular complexity index is 197. The molecular formula is C6H10O4Si. The van der Waals surface area contributed by atoms with E-state index in [-0.39, 0.29) is 0 Å². The molecule has 0 saturated heterocycles. The molecule has 0 saturated carbocycles. The Kier molecular flexibility index (Phi) is 4.20. The van der Waals surface area contributed by atoms with Crippen LogP contribution in [0.1, 0.15) is 0 Å². The zero-order valence-electron chi connectivity index (χ0n) is 6.71. The Balaban J connectivity index is 4.21. The van der Waals surface area contributed by atoms with Crippen LogP contribution in [0.5, 0.6) is 0 Å². The molecule has 0 aromatic carbocycles. The minimum atomic E-state index is -0.527. The number of esters is 2. The van der Waals surface area contributed by atoms with E-state index in [0.717, 1.165) is 6.08 Å². The molecule has 0 aliphatic carbocycles. The molecule has 0 bridgehead atoms. The number of hydrogen-bond acceptors (Lipinski definition) is 4. The van der Waals surface area contributed by atoms with Gasteiger partial charge in [0, 0.05) is 21.5 Å². The van der Waals surface area contributed by atoms with E-state index in [9.17, 15) is 9.59 Å². The van der Waals surface area contributed by atoms with Gasteiger partial charge in [-0.15, -0.1) is 0 Å². The number of rotatable bonds is 2. The van der Waals surface area contributed by atoms with Crippen molar-refractivity contribution in [1.82, 2.24) is 0 Å². The molecule has 0 rings (SSSR count). The van der Waals surface area contributed by atoms with Crippen LogP contribution >= 0.6 is 0 Å². The Labute approximate surface area is 67.6 Å². The average molecular weight is 174 g/mol. The molecule has 0 unspecified atom stereocenters. The Morgan fingerprint density at radius 1 is 1.27 bits per heavy atom. The fraction of sp³-hybridized carbons (Fsp3) is 0.333. The molecule has 0 aromatic rings. The fourth-order valence-electron chi connectivity index (χ4n) is 0.456. The highest BCUT2D eigenvalue weighted by Gasteiger charge is 2.04. The van der Waals surface area contributed by atoms with Gasteiger partial charge in [0.15, 0.2) is 0 Å². The predicted molar refractivity (Wildman–Crippen MR) is 42.1 cm³/mol. The zero-order chi connectivity index (χ0) is 8.85. The summed E-state index contributed by atoms with van der Waals surface area (Å²) in [5.74, 6) is -0.998. The molecule has 0 aromatic heterocycles. The highest BCUT2D eigenvalue weighted by atomic mass is 28.1. The Hall–Kier alpha value is -1.10. The van der Waals surface area contributed by atoms with Crippen LogP contribution < -0.4 is 0 Å². The maximum atomic E-state index is 10.7. The van der Waals surface area contributed by atoms with Gasteiger partial charge in [0.05, 0.1) is 14.2 Å². The molecule has 0 amide bonds. The van der Waals surface area contributed by atoms with Crippen LogP contribution in [0.25, 0.3) is 0 Å². The summed E-state index contributed by atoms with van der Waals surface area (Å²) >= 11 is 0. The molecule has 0 aliphatic rings. The van der Waals surface area contributed by atoms with Crippen LogP contribution in [-0.2, 0) is 19.1 Å². The van der Waals surface area contributed by atoms with Crippen molar-refractivity contribution in [2.24, 2.45) is 0 Å². The highest BCUT2D eigenvalue weighted by Crippen LogP contribution is 1.91. The van der Waals surface area contributed by atoms with Gasteiger partial charge in [-0.1, -0.05) is 0 Å². The summed E-state index contributed by atoms with van der Waals surface area (Å²) in [7, 11) is 2.99. The Morgan fingerprint density at radius 2 is 1.82 bits per heavy atom. The van der Waals surface area contributed by atoms with Crippen LogP contribution in [-0.4, -0.2) is 36.4 Å². The zero-order valence-corrected chi connectivity index (χ0v) is 8.71. The monoisotopic (exact) mass is 174 g/mol. The third-order valence-corrected chi connectivity index (χ3v) is 1.74. The molecule has 0 radical (unpaired) electrons. The summed E-state index contributed by atoms with van der Waals surface area (Å²) in [4.78, 5) is 21.3. The first-order valence-electron chi connectivity index (χ1n) is 2.96. The van der Waals surface area contributed by atoms with Gasteiger partial charge in [-0.05, 0) is 0 Å². The van der Waals surface area contributed by atoms with E-state index in [1.807, 2.05) is 0 Å². The first kappa shape index (κ1) is 9.90. The first-order chi connectivity index (χ1) is 5.11. The topological polar surface area (TPSA) is 52.6 Å². The van der Waals surface area contributed by atoms with Crippen molar-refractivity contribution in [3.63, 3.8) is 0 Å². The average Bonchev–Trinajstić information content (AvgIpc) is 2.02. The highest BCUT2D eigenvalue weighted by molar-refractivity contribution is 6.36. The lowest BCUT2D eigenvalue weighted by atomic mass is 10.5. The van der Waals surface area contributed by atoms with Crippen molar-refractivity contribution < 1.29 is 19.1 Å². The van der Waals surface area contributed by atoms with Gasteiger partial charge < -0.3 is 9.47 Å². The molecule has 5 heteroatoms. The van der Waals surface area contributed by atoms with Crippen LogP contribution in [0.4, 0.5) is 0 Å². The van der Waals surface area contributed by atoms with E-state index in [1.54, 1.807) is 0 Å². The molecule has 0 fully saturated rings. The van der Waals surface area contributed by atoms with Crippen LogP contribution in [0.15, 0.2) is 11.3 Å². The second kappa shape index (κ2) is 4.67. The molecule has 0 spiro atoms. The summed E-state index contributed by atoms with van der Waals surface area (Å²) in [6.07, 6.45) is 1.14. The van der Waals surface area contributed by atoms with Crippen LogP contribution in [0.2, 0.25) is 0 Å². The summed E-state index contributed by atoms with van der Waals surface area (Å²) < 4.78 is 8.69. The lowest BCUT2D eigenvalue weighted by molar-refractivity contribution is -0.137. The summed E-state index contributed by atoms with van der Waals surface area (Å²) in [6, 6.07) is 0. The Morgan fingerprint density at radius 3 is 2.18 bits per heavy atom. The van der Waals surface area contributed by atoms with Gasteiger partial charge in [0.2, 0.25) is 0 Å². The number of ether oxygens (including phenoxy) is 2. The van der Waals surface area contributed by atoms with Crippen LogP contribution in [0, 0.1) is 0 Å². The minimum absolute atomic E-state index is 0.361. The fourth-order valence-corrected chi connectivity index (χ4v) is 0.895. The van der Waals surface area contributed by atoms with Crippen molar-refractivity contribution in [2.45, 2.75) is 0 Å². The third-order valence-electron chi connectivity index (χ3n) is 1.04. The molecule has 0 atom stereocenters. The standard InChI is InChI=1S/C6H10O4Si/c1-9-5(7)3-4(11)6(8)10-2/h3H,1-2,11H3/b4-3+. The number of carbonyl (C=O) groups is 2. The first-order valence-corrected chi connectivity index (χ1v) is 3.96. The SMILES string of the molecule is COC(=O)/C=C(/[SiH3])C(=O)OC. The normalized spacial score (nSPS) is 10.9. The molecule has 62 valence electrons. The van der Waals surface area contributed by atoms with Gasteiger partial charge in [-0.25, -0.2) is 9.59 Å². The second-order valence-corrected chi connectivity index (χ2v) is 2.92. The van der Waals surface area contributed by atoms with Crippen molar-refractivity contribution in [3.8, 4) is 0 Å². The number of methoxy groups -OCH3 is 2. The van der Waals surface area contributed by atoms with E-state index in [1.165, 1.54) is 14.2 Å². The van der Waals surface area contributed by atoms with E-state index in [0.29, 0.717) is 15.4 Å². The molecule has 4 nitrogen and oxygen atoms in total. The molecule has 0 heterocycles. The predicted octanol–water partition coefficient (Wildman–Crippen LogP) is -1.42. The van der Waals surface area contributed by atoms with E-state index in [2.05, 4.69) is 9.47 Å². The second-order valence-electron chi connectivity index (χ2n) is 1.84. The van der Waals surface area contributed by atoms with Crippen molar-refractivity contribution in [1.29, 1.82) is 0 Å². The van der Waals surface area contributed by atoms with Gasteiger partial charge in [0.1, 0.15) is 0 Å². The lowest BCUT2D eigenvalue weighted by Gasteiger charge is -1.96. The van der Waals surface area contributed by atoms with Crippen molar-refractivity contribution >= 4 is 22.2 Å². The molecule has 11 heavy (non-hydrogen) atoms. The van der Waals surface area contributed by atoms with E-state index < -0.39 is 11.9 Å². The molecular weight excluding hydrogens is 164 g/mol.